The zero-order chi connectivity index (χ0) is 19.0. The lowest BCUT2D eigenvalue weighted by Gasteiger charge is -2.03. The van der Waals surface area contributed by atoms with Crippen molar-refractivity contribution in [1.82, 2.24) is 4.98 Å². The average Bonchev–Trinajstić information content (AvgIpc) is 3.07. The molecule has 4 nitrogen and oxygen atoms in total. The molecule has 0 aliphatic heterocycles. The van der Waals surface area contributed by atoms with E-state index in [1.54, 1.807) is 18.3 Å². The van der Waals surface area contributed by atoms with Crippen molar-refractivity contribution in [1.29, 1.82) is 0 Å². The fraction of sp³-hybridized carbons (Fsp3) is 0.0476. The second-order valence-electron chi connectivity index (χ2n) is 6.12. The molecular formula is C21H14Br2N2O2. The summed E-state index contributed by atoms with van der Waals surface area (Å²) in [7, 11) is 0. The van der Waals surface area contributed by atoms with Crippen LogP contribution < -0.4 is 0 Å². The average molecular weight is 486 g/mol. The molecule has 1 aromatic heterocycles. The van der Waals surface area contributed by atoms with E-state index in [2.05, 4.69) is 41.8 Å². The minimum absolute atomic E-state index is 0.146. The monoisotopic (exact) mass is 484 g/mol. The Morgan fingerprint density at radius 2 is 1.93 bits per heavy atom. The summed E-state index contributed by atoms with van der Waals surface area (Å²) in [5.74, 6) is 0.702. The highest BCUT2D eigenvalue weighted by atomic mass is 79.9. The molecule has 134 valence electrons. The number of oxazole rings is 1. The summed E-state index contributed by atoms with van der Waals surface area (Å²) >= 11 is 6.74. The summed E-state index contributed by atoms with van der Waals surface area (Å²) in [6.45, 7) is 2.03. The lowest BCUT2D eigenvalue weighted by atomic mass is 10.2. The first kappa shape index (κ1) is 17.9. The number of hydrogen-bond donors (Lipinski definition) is 1. The molecule has 0 aliphatic carbocycles. The van der Waals surface area contributed by atoms with Crippen molar-refractivity contribution in [2.75, 3.05) is 0 Å². The van der Waals surface area contributed by atoms with Gasteiger partial charge >= 0.3 is 0 Å². The van der Waals surface area contributed by atoms with Crippen molar-refractivity contribution in [3.05, 3.63) is 74.7 Å². The molecule has 1 heterocycles. The van der Waals surface area contributed by atoms with Gasteiger partial charge in [-0.05, 0) is 70.9 Å². The second-order valence-corrected chi connectivity index (χ2v) is 7.89. The first-order valence-electron chi connectivity index (χ1n) is 8.19. The maximum absolute atomic E-state index is 10.2. The minimum Gasteiger partial charge on any atom is -0.506 e. The normalized spacial score (nSPS) is 11.5. The van der Waals surface area contributed by atoms with Crippen LogP contribution in [-0.2, 0) is 0 Å². The van der Waals surface area contributed by atoms with Gasteiger partial charge in [-0.25, -0.2) is 4.98 Å². The van der Waals surface area contributed by atoms with Crippen molar-refractivity contribution in [2.45, 2.75) is 6.92 Å². The molecule has 4 aromatic rings. The molecule has 0 radical (unpaired) electrons. The Hall–Kier alpha value is -2.44. The Morgan fingerprint density at radius 1 is 1.07 bits per heavy atom. The molecule has 0 aliphatic rings. The second kappa shape index (κ2) is 7.29. The van der Waals surface area contributed by atoms with Crippen molar-refractivity contribution >= 4 is 54.9 Å². The largest absolute Gasteiger partial charge is 0.506 e. The lowest BCUT2D eigenvalue weighted by Crippen LogP contribution is -1.84. The van der Waals surface area contributed by atoms with Crippen LogP contribution >= 0.6 is 31.9 Å². The lowest BCUT2D eigenvalue weighted by molar-refractivity contribution is 0.471. The number of fused-ring (bicyclic) bond motifs is 1. The fourth-order valence-corrected chi connectivity index (χ4v) is 3.97. The summed E-state index contributed by atoms with van der Waals surface area (Å²) in [5, 5.41) is 10.2. The summed E-state index contributed by atoms with van der Waals surface area (Å²) < 4.78 is 7.32. The highest BCUT2D eigenvalue weighted by Gasteiger charge is 2.09. The van der Waals surface area contributed by atoms with Gasteiger partial charge in [0.1, 0.15) is 11.3 Å². The van der Waals surface area contributed by atoms with E-state index >= 15 is 0 Å². The molecule has 0 bridgehead atoms. The molecule has 0 amide bonds. The first-order chi connectivity index (χ1) is 13.0. The topological polar surface area (TPSA) is 58.6 Å². The van der Waals surface area contributed by atoms with Crippen LogP contribution in [0.1, 0.15) is 11.1 Å². The molecular weight excluding hydrogens is 472 g/mol. The van der Waals surface area contributed by atoms with Gasteiger partial charge < -0.3 is 9.52 Å². The number of halogens is 2. The van der Waals surface area contributed by atoms with Gasteiger partial charge in [0, 0.05) is 21.8 Å². The molecule has 27 heavy (non-hydrogen) atoms. The van der Waals surface area contributed by atoms with Gasteiger partial charge in [0.2, 0.25) is 5.89 Å². The summed E-state index contributed by atoms with van der Waals surface area (Å²) in [6.07, 6.45) is 1.62. The Bertz CT molecular complexity index is 1180. The van der Waals surface area contributed by atoms with Crippen LogP contribution in [0.3, 0.4) is 0 Å². The molecule has 0 unspecified atom stereocenters. The molecule has 1 N–H and O–H groups in total. The van der Waals surface area contributed by atoms with Crippen LogP contribution in [0.2, 0.25) is 0 Å². The number of aromatic hydroxyl groups is 1. The van der Waals surface area contributed by atoms with Crippen LogP contribution in [0.25, 0.3) is 22.6 Å². The van der Waals surface area contributed by atoms with Crippen molar-refractivity contribution in [3.63, 3.8) is 0 Å². The SMILES string of the molecule is Cc1ccc2oc(-c3cccc(N=Cc4cc(Br)cc(Br)c4O)c3)nc2c1. The predicted molar refractivity (Wildman–Crippen MR) is 115 cm³/mol. The minimum atomic E-state index is 0.146. The van der Waals surface area contributed by atoms with E-state index in [4.69, 9.17) is 4.42 Å². The number of aromatic nitrogens is 1. The van der Waals surface area contributed by atoms with E-state index in [0.717, 1.165) is 32.4 Å². The van der Waals surface area contributed by atoms with Crippen molar-refractivity contribution in [2.24, 2.45) is 4.99 Å². The van der Waals surface area contributed by atoms with Crippen LogP contribution in [-0.4, -0.2) is 16.3 Å². The quantitative estimate of drug-likeness (QED) is 0.325. The third-order valence-corrected chi connectivity index (χ3v) is 5.11. The van der Waals surface area contributed by atoms with E-state index in [-0.39, 0.29) is 5.75 Å². The molecule has 0 fully saturated rings. The third-order valence-electron chi connectivity index (χ3n) is 4.05. The Kier molecular flexibility index (Phi) is 4.85. The highest BCUT2D eigenvalue weighted by Crippen LogP contribution is 2.31. The first-order valence-corrected chi connectivity index (χ1v) is 9.78. The Balaban J connectivity index is 1.68. The highest BCUT2D eigenvalue weighted by molar-refractivity contribution is 9.11. The molecule has 0 saturated heterocycles. The summed E-state index contributed by atoms with van der Waals surface area (Å²) in [4.78, 5) is 9.05. The van der Waals surface area contributed by atoms with Crippen LogP contribution in [0, 0.1) is 6.92 Å². The Morgan fingerprint density at radius 3 is 2.78 bits per heavy atom. The van der Waals surface area contributed by atoms with Gasteiger partial charge in [-0.3, -0.25) is 4.99 Å². The molecule has 0 atom stereocenters. The number of nitrogens with zero attached hydrogens (tertiary/aromatic N) is 2. The smallest absolute Gasteiger partial charge is 0.227 e. The standard InChI is InChI=1S/C21H14Br2N2O2/c1-12-5-6-19-18(7-12)25-21(27-19)13-3-2-4-16(9-13)24-11-14-8-15(22)10-17(23)20(14)26/h2-11,26H,1H3. The fourth-order valence-electron chi connectivity index (χ4n) is 2.71. The zero-order valence-corrected chi connectivity index (χ0v) is 17.5. The van der Waals surface area contributed by atoms with E-state index in [0.29, 0.717) is 15.9 Å². The molecule has 0 saturated carbocycles. The molecule has 6 heteroatoms. The van der Waals surface area contributed by atoms with Gasteiger partial charge in [-0.2, -0.15) is 0 Å². The van der Waals surface area contributed by atoms with Crippen molar-refractivity contribution < 1.29 is 9.52 Å². The van der Waals surface area contributed by atoms with E-state index < -0.39 is 0 Å². The zero-order valence-electron chi connectivity index (χ0n) is 14.3. The van der Waals surface area contributed by atoms with E-state index in [9.17, 15) is 5.11 Å². The molecule has 0 spiro atoms. The van der Waals surface area contributed by atoms with Crippen LogP contribution in [0.15, 0.2) is 73.0 Å². The van der Waals surface area contributed by atoms with Gasteiger partial charge in [-0.1, -0.05) is 28.1 Å². The van der Waals surface area contributed by atoms with Gasteiger partial charge in [0.05, 0.1) is 10.2 Å². The number of aryl methyl sites for hydroxylation is 1. The summed E-state index contributed by atoms with van der Waals surface area (Å²) in [6, 6.07) is 17.1. The van der Waals surface area contributed by atoms with Gasteiger partial charge in [-0.15, -0.1) is 0 Å². The van der Waals surface area contributed by atoms with E-state index in [1.165, 1.54) is 0 Å². The number of phenols is 1. The van der Waals surface area contributed by atoms with Crippen LogP contribution in [0.4, 0.5) is 5.69 Å². The number of benzene rings is 3. The maximum Gasteiger partial charge on any atom is 0.227 e. The maximum atomic E-state index is 10.2. The Labute approximate surface area is 172 Å². The molecule has 4 rings (SSSR count). The number of hydrogen-bond acceptors (Lipinski definition) is 4. The number of phenolic OH excluding ortho intramolecular Hbond substituents is 1. The number of rotatable bonds is 3. The van der Waals surface area contributed by atoms with Gasteiger partial charge in [0.25, 0.3) is 0 Å². The third kappa shape index (κ3) is 3.82. The van der Waals surface area contributed by atoms with E-state index in [1.807, 2.05) is 49.4 Å². The van der Waals surface area contributed by atoms with Crippen molar-refractivity contribution in [3.8, 4) is 17.2 Å². The summed E-state index contributed by atoms with van der Waals surface area (Å²) in [5.41, 5.74) is 4.93. The predicted octanol–water partition coefficient (Wildman–Crippen LogP) is 6.78. The molecule has 3 aromatic carbocycles. The number of aliphatic imine (C=N–C) groups is 1. The van der Waals surface area contributed by atoms with Gasteiger partial charge in [0.15, 0.2) is 5.58 Å². The van der Waals surface area contributed by atoms with Crippen LogP contribution in [0.5, 0.6) is 5.75 Å².